The zero-order chi connectivity index (χ0) is 9.97. The van der Waals surface area contributed by atoms with Crippen LogP contribution >= 0.6 is 23.4 Å². The van der Waals surface area contributed by atoms with Gasteiger partial charge in [0.05, 0.1) is 5.69 Å². The molecule has 0 fully saturated rings. The van der Waals surface area contributed by atoms with Crippen molar-refractivity contribution in [1.82, 2.24) is 15.2 Å². The number of rotatable bonds is 2. The lowest BCUT2D eigenvalue weighted by Crippen LogP contribution is -1.84. The van der Waals surface area contributed by atoms with Gasteiger partial charge in [0.1, 0.15) is 11.3 Å². The van der Waals surface area contributed by atoms with Gasteiger partial charge in [0.25, 0.3) is 5.22 Å². The summed E-state index contributed by atoms with van der Waals surface area (Å²) in [6, 6.07) is 3.44. The Morgan fingerprint density at radius 3 is 2.79 bits per heavy atom. The van der Waals surface area contributed by atoms with Gasteiger partial charge in [-0.05, 0) is 30.8 Å². The number of aryl methyl sites for hydroxylation is 1. The van der Waals surface area contributed by atoms with E-state index in [0.29, 0.717) is 15.4 Å². The molecule has 0 bridgehead atoms. The average molecular weight is 228 g/mol. The van der Waals surface area contributed by atoms with Crippen LogP contribution in [0.1, 0.15) is 5.69 Å². The summed E-state index contributed by atoms with van der Waals surface area (Å²) in [5.74, 6) is 0. The highest BCUT2D eigenvalue weighted by Crippen LogP contribution is 2.24. The van der Waals surface area contributed by atoms with Crippen molar-refractivity contribution in [2.45, 2.75) is 17.2 Å². The lowest BCUT2D eigenvalue weighted by atomic mass is 10.6. The molecule has 0 amide bonds. The van der Waals surface area contributed by atoms with E-state index < -0.39 is 0 Å². The van der Waals surface area contributed by atoms with Crippen LogP contribution in [0.3, 0.4) is 0 Å². The molecule has 72 valence electrons. The number of halogens is 1. The summed E-state index contributed by atoms with van der Waals surface area (Å²) < 4.78 is 5.15. The van der Waals surface area contributed by atoms with Crippen molar-refractivity contribution in [2.24, 2.45) is 0 Å². The molecule has 2 aromatic rings. The van der Waals surface area contributed by atoms with Gasteiger partial charge in [0.15, 0.2) is 5.15 Å². The molecule has 0 radical (unpaired) electrons. The molecular weight excluding hydrogens is 222 g/mol. The number of hydrogen-bond donors (Lipinski definition) is 0. The topological polar surface area (TPSA) is 51.8 Å². The Hall–Kier alpha value is -1.07. The fourth-order valence-corrected chi connectivity index (χ4v) is 1.61. The molecule has 0 unspecified atom stereocenters. The van der Waals surface area contributed by atoms with E-state index in [1.54, 1.807) is 18.4 Å². The fraction of sp³-hybridized carbons (Fsp3) is 0.125. The monoisotopic (exact) mass is 227 g/mol. The molecule has 6 heteroatoms. The molecular formula is C8H6ClN3OS. The Labute approximate surface area is 89.7 Å². The fourth-order valence-electron chi connectivity index (χ4n) is 0.827. The quantitative estimate of drug-likeness (QED) is 0.789. The largest absolute Gasteiger partial charge is 0.439 e. The van der Waals surface area contributed by atoms with Gasteiger partial charge in [-0.1, -0.05) is 11.6 Å². The normalized spacial score (nSPS) is 10.4. The Kier molecular flexibility index (Phi) is 2.69. The molecule has 0 N–H and O–H groups in total. The van der Waals surface area contributed by atoms with Crippen LogP contribution in [0.15, 0.2) is 33.1 Å². The zero-order valence-corrected chi connectivity index (χ0v) is 8.84. The second kappa shape index (κ2) is 3.98. The van der Waals surface area contributed by atoms with Crippen LogP contribution < -0.4 is 0 Å². The van der Waals surface area contributed by atoms with E-state index >= 15 is 0 Å². The maximum atomic E-state index is 5.60. The van der Waals surface area contributed by atoms with Crippen molar-refractivity contribution in [3.63, 3.8) is 0 Å². The number of oxazole rings is 1. The van der Waals surface area contributed by atoms with Gasteiger partial charge < -0.3 is 4.42 Å². The number of aromatic nitrogens is 3. The molecule has 2 heterocycles. The predicted molar refractivity (Wildman–Crippen MR) is 52.4 cm³/mol. The summed E-state index contributed by atoms with van der Waals surface area (Å²) in [5.41, 5.74) is 0.842. The zero-order valence-electron chi connectivity index (χ0n) is 7.27. The minimum absolute atomic E-state index is 0.373. The highest BCUT2D eigenvalue weighted by atomic mass is 35.5. The summed E-state index contributed by atoms with van der Waals surface area (Å²) in [4.78, 5) is 4.12. The molecule has 0 saturated carbocycles. The van der Waals surface area contributed by atoms with E-state index in [1.165, 1.54) is 11.8 Å². The standard InChI is InChI=1S/C8H6ClN3OS/c1-5-4-13-8(10-5)14-7-3-2-6(9)11-12-7/h2-4H,1H3. The Morgan fingerprint density at radius 2 is 2.21 bits per heavy atom. The van der Waals surface area contributed by atoms with Crippen LogP contribution in [0.2, 0.25) is 5.15 Å². The maximum absolute atomic E-state index is 5.60. The molecule has 14 heavy (non-hydrogen) atoms. The van der Waals surface area contributed by atoms with Gasteiger partial charge in [-0.25, -0.2) is 4.98 Å². The van der Waals surface area contributed by atoms with Crippen molar-refractivity contribution < 1.29 is 4.42 Å². The van der Waals surface area contributed by atoms with Crippen LogP contribution in [0, 0.1) is 6.92 Å². The average Bonchev–Trinajstić information content (AvgIpc) is 2.56. The highest BCUT2D eigenvalue weighted by molar-refractivity contribution is 7.99. The third-order valence-electron chi connectivity index (χ3n) is 1.40. The van der Waals surface area contributed by atoms with Gasteiger partial charge >= 0.3 is 0 Å². The van der Waals surface area contributed by atoms with Crippen molar-refractivity contribution in [3.05, 3.63) is 29.2 Å². The van der Waals surface area contributed by atoms with Gasteiger partial charge in [0.2, 0.25) is 0 Å². The lowest BCUT2D eigenvalue weighted by Gasteiger charge is -1.93. The SMILES string of the molecule is Cc1coc(Sc2ccc(Cl)nn2)n1. The van der Waals surface area contributed by atoms with Crippen molar-refractivity contribution in [3.8, 4) is 0 Å². The van der Waals surface area contributed by atoms with Gasteiger partial charge in [-0.3, -0.25) is 0 Å². The smallest absolute Gasteiger partial charge is 0.262 e. The van der Waals surface area contributed by atoms with Crippen molar-refractivity contribution in [2.75, 3.05) is 0 Å². The number of hydrogen-bond acceptors (Lipinski definition) is 5. The molecule has 0 spiro atoms. The summed E-state index contributed by atoms with van der Waals surface area (Å²) in [6.45, 7) is 1.86. The third kappa shape index (κ3) is 2.24. The first-order valence-electron chi connectivity index (χ1n) is 3.83. The maximum Gasteiger partial charge on any atom is 0.262 e. The predicted octanol–water partition coefficient (Wildman–Crippen LogP) is 2.58. The first kappa shape index (κ1) is 9.48. The first-order chi connectivity index (χ1) is 6.74. The Balaban J connectivity index is 2.15. The van der Waals surface area contributed by atoms with Crippen molar-refractivity contribution in [1.29, 1.82) is 0 Å². The first-order valence-corrected chi connectivity index (χ1v) is 5.03. The molecule has 0 aliphatic heterocycles. The molecule has 0 saturated heterocycles. The molecule has 0 atom stereocenters. The minimum atomic E-state index is 0.373. The van der Waals surface area contributed by atoms with E-state index in [9.17, 15) is 0 Å². The molecule has 0 aliphatic carbocycles. The minimum Gasteiger partial charge on any atom is -0.439 e. The van der Waals surface area contributed by atoms with Gasteiger partial charge in [0, 0.05) is 0 Å². The van der Waals surface area contributed by atoms with Crippen LogP contribution in [0.5, 0.6) is 0 Å². The molecule has 0 aliphatic rings. The van der Waals surface area contributed by atoms with Crippen LogP contribution in [-0.4, -0.2) is 15.2 Å². The van der Waals surface area contributed by atoms with Crippen molar-refractivity contribution >= 4 is 23.4 Å². The van der Waals surface area contributed by atoms with E-state index in [4.69, 9.17) is 16.0 Å². The Bertz CT molecular complexity index is 428. The Morgan fingerprint density at radius 1 is 1.36 bits per heavy atom. The molecule has 2 aromatic heterocycles. The molecule has 4 nitrogen and oxygen atoms in total. The summed E-state index contributed by atoms with van der Waals surface area (Å²) >= 11 is 6.90. The molecule has 0 aromatic carbocycles. The van der Waals surface area contributed by atoms with Gasteiger partial charge in [-0.15, -0.1) is 10.2 Å². The van der Waals surface area contributed by atoms with E-state index in [1.807, 2.05) is 6.92 Å². The second-order valence-electron chi connectivity index (χ2n) is 2.55. The summed E-state index contributed by atoms with van der Waals surface area (Å²) in [5, 5.41) is 9.20. The number of nitrogens with zero attached hydrogens (tertiary/aromatic N) is 3. The van der Waals surface area contributed by atoms with E-state index in [2.05, 4.69) is 15.2 Å². The third-order valence-corrected chi connectivity index (χ3v) is 2.39. The summed E-state index contributed by atoms with van der Waals surface area (Å²) in [6.07, 6.45) is 1.59. The van der Waals surface area contributed by atoms with Crippen LogP contribution in [-0.2, 0) is 0 Å². The van der Waals surface area contributed by atoms with E-state index in [-0.39, 0.29) is 0 Å². The second-order valence-corrected chi connectivity index (χ2v) is 3.91. The summed E-state index contributed by atoms with van der Waals surface area (Å²) in [7, 11) is 0. The highest BCUT2D eigenvalue weighted by Gasteiger charge is 2.04. The van der Waals surface area contributed by atoms with E-state index in [0.717, 1.165) is 5.69 Å². The lowest BCUT2D eigenvalue weighted by molar-refractivity contribution is 0.453. The molecule has 2 rings (SSSR count). The van der Waals surface area contributed by atoms with Crippen LogP contribution in [0.4, 0.5) is 0 Å². The van der Waals surface area contributed by atoms with Gasteiger partial charge in [-0.2, -0.15) is 0 Å². The van der Waals surface area contributed by atoms with Crippen LogP contribution in [0.25, 0.3) is 0 Å².